The van der Waals surface area contributed by atoms with Gasteiger partial charge in [-0.2, -0.15) is 0 Å². The maximum Gasteiger partial charge on any atom is 0.0989 e. The van der Waals surface area contributed by atoms with Crippen LogP contribution in [0.2, 0.25) is 0 Å². The van der Waals surface area contributed by atoms with Crippen molar-refractivity contribution in [2.24, 2.45) is 0 Å². The van der Waals surface area contributed by atoms with Crippen LogP contribution in [-0.2, 0) is 4.74 Å². The number of rotatable bonds is 0. The lowest BCUT2D eigenvalue weighted by molar-refractivity contribution is 0.0519. The van der Waals surface area contributed by atoms with Gasteiger partial charge in [-0.25, -0.2) is 0 Å². The average molecular weight is 115 g/mol. The maximum atomic E-state index is 9.14. The van der Waals surface area contributed by atoms with Gasteiger partial charge in [-0.1, -0.05) is 0 Å². The monoisotopic (exact) mass is 115 g/mol. The van der Waals surface area contributed by atoms with Crippen LogP contribution in [0.5, 0.6) is 0 Å². The summed E-state index contributed by atoms with van der Waals surface area (Å²) in [7, 11) is 0. The zero-order valence-electron chi connectivity index (χ0n) is 4.50. The lowest BCUT2D eigenvalue weighted by atomic mass is 10.2. The van der Waals surface area contributed by atoms with E-state index in [0.717, 1.165) is 6.54 Å². The summed E-state index contributed by atoms with van der Waals surface area (Å²) in [6.45, 7) is 1.51. The Kier molecular flexibility index (Phi) is 0.848. The largest absolute Gasteiger partial charge is 0.389 e. The Morgan fingerprint density at radius 1 is 1.62 bits per heavy atom. The van der Waals surface area contributed by atoms with E-state index in [2.05, 4.69) is 5.32 Å². The van der Waals surface area contributed by atoms with E-state index in [1.165, 1.54) is 0 Å². The molecule has 2 bridgehead atoms. The Hall–Kier alpha value is -0.120. The molecule has 0 spiro atoms. The minimum Gasteiger partial charge on any atom is -0.389 e. The Morgan fingerprint density at radius 2 is 2.50 bits per heavy atom. The lowest BCUT2D eigenvalue weighted by Crippen LogP contribution is -2.32. The van der Waals surface area contributed by atoms with E-state index in [1.807, 2.05) is 0 Å². The van der Waals surface area contributed by atoms with Crippen LogP contribution in [-0.4, -0.2) is 36.5 Å². The zero-order valence-corrected chi connectivity index (χ0v) is 4.50. The minimum atomic E-state index is -0.241. The molecule has 2 N–H and O–H groups in total. The summed E-state index contributed by atoms with van der Waals surface area (Å²) in [6.07, 6.45) is -0.157. The lowest BCUT2D eigenvalue weighted by Gasteiger charge is -2.08. The average Bonchev–Trinajstić information content (AvgIpc) is 2.29. The Balaban J connectivity index is 2.16. The summed E-state index contributed by atoms with van der Waals surface area (Å²) in [4.78, 5) is 0. The van der Waals surface area contributed by atoms with Crippen LogP contribution >= 0.6 is 0 Å². The number of aliphatic hydroxyl groups is 1. The summed E-state index contributed by atoms with van der Waals surface area (Å²) < 4.78 is 5.15. The van der Waals surface area contributed by atoms with E-state index in [1.54, 1.807) is 0 Å². The van der Waals surface area contributed by atoms with Crippen LogP contribution in [0.4, 0.5) is 0 Å². The molecule has 0 amide bonds. The molecule has 0 aromatic heterocycles. The number of fused-ring (bicyclic) bond motifs is 2. The third-order valence-corrected chi connectivity index (χ3v) is 1.86. The molecule has 2 aliphatic rings. The van der Waals surface area contributed by atoms with Gasteiger partial charge in [-0.3, -0.25) is 0 Å². The Morgan fingerprint density at radius 3 is 2.62 bits per heavy atom. The fourth-order valence-corrected chi connectivity index (χ4v) is 1.31. The molecular formula is C5H9NO2. The Bertz CT molecular complexity index is 86.6. The molecule has 2 heterocycles. The highest BCUT2D eigenvalue weighted by atomic mass is 16.5. The van der Waals surface area contributed by atoms with E-state index in [0.29, 0.717) is 6.61 Å². The van der Waals surface area contributed by atoms with Crippen molar-refractivity contribution in [2.45, 2.75) is 18.2 Å². The van der Waals surface area contributed by atoms with Gasteiger partial charge in [0.1, 0.15) is 0 Å². The first-order valence-corrected chi connectivity index (χ1v) is 2.91. The molecule has 2 rings (SSSR count). The second kappa shape index (κ2) is 1.43. The van der Waals surface area contributed by atoms with Crippen molar-refractivity contribution in [1.82, 2.24) is 5.32 Å². The van der Waals surface area contributed by atoms with Gasteiger partial charge in [0.15, 0.2) is 0 Å². The smallest absolute Gasteiger partial charge is 0.0989 e. The summed E-state index contributed by atoms with van der Waals surface area (Å²) in [6, 6.07) is 0.222. The number of hydrogen-bond donors (Lipinski definition) is 2. The highest BCUT2D eigenvalue weighted by Crippen LogP contribution is 2.19. The molecule has 0 saturated carbocycles. The first-order chi connectivity index (χ1) is 3.88. The summed E-state index contributed by atoms with van der Waals surface area (Å²) in [5.74, 6) is 0. The number of hydrogen-bond acceptors (Lipinski definition) is 3. The number of aliphatic hydroxyl groups excluding tert-OH is 1. The third-order valence-electron chi connectivity index (χ3n) is 1.86. The SMILES string of the molecule is O[C@H]1[C@H]2CO[C@@H]1CN2. The van der Waals surface area contributed by atoms with Gasteiger partial charge >= 0.3 is 0 Å². The molecule has 0 radical (unpaired) electrons. The van der Waals surface area contributed by atoms with Crippen molar-refractivity contribution in [3.8, 4) is 0 Å². The van der Waals surface area contributed by atoms with Gasteiger partial charge < -0.3 is 15.2 Å². The van der Waals surface area contributed by atoms with E-state index < -0.39 is 0 Å². The highest BCUT2D eigenvalue weighted by molar-refractivity contribution is 4.96. The van der Waals surface area contributed by atoms with Gasteiger partial charge in [0.05, 0.1) is 24.9 Å². The molecule has 2 fully saturated rings. The normalized spacial score (nSPS) is 52.9. The van der Waals surface area contributed by atoms with Crippen molar-refractivity contribution in [3.63, 3.8) is 0 Å². The number of ether oxygens (including phenoxy) is 1. The van der Waals surface area contributed by atoms with Crippen molar-refractivity contribution >= 4 is 0 Å². The Labute approximate surface area is 47.6 Å². The molecule has 46 valence electrons. The first kappa shape index (κ1) is 4.73. The van der Waals surface area contributed by atoms with Gasteiger partial charge in [0.25, 0.3) is 0 Å². The van der Waals surface area contributed by atoms with Crippen LogP contribution in [0.25, 0.3) is 0 Å². The number of nitrogens with one attached hydrogen (secondary N) is 1. The van der Waals surface area contributed by atoms with E-state index in [-0.39, 0.29) is 18.2 Å². The zero-order chi connectivity index (χ0) is 5.56. The topological polar surface area (TPSA) is 41.5 Å². The summed E-state index contributed by atoms with van der Waals surface area (Å²) in [5.41, 5.74) is 0. The fraction of sp³-hybridized carbons (Fsp3) is 1.00. The van der Waals surface area contributed by atoms with Gasteiger partial charge in [0, 0.05) is 6.54 Å². The van der Waals surface area contributed by atoms with E-state index in [9.17, 15) is 0 Å². The molecule has 0 aliphatic carbocycles. The van der Waals surface area contributed by atoms with Gasteiger partial charge in [-0.15, -0.1) is 0 Å². The van der Waals surface area contributed by atoms with Crippen LogP contribution in [0, 0.1) is 0 Å². The molecule has 2 saturated heterocycles. The predicted molar refractivity (Wildman–Crippen MR) is 27.5 cm³/mol. The summed E-state index contributed by atoms with van der Waals surface area (Å²) >= 11 is 0. The van der Waals surface area contributed by atoms with Gasteiger partial charge in [0.2, 0.25) is 0 Å². The molecule has 3 nitrogen and oxygen atoms in total. The fourth-order valence-electron chi connectivity index (χ4n) is 1.31. The minimum absolute atomic E-state index is 0.0833. The molecule has 0 aromatic rings. The van der Waals surface area contributed by atoms with E-state index >= 15 is 0 Å². The second-order valence-corrected chi connectivity index (χ2v) is 2.38. The maximum absolute atomic E-state index is 9.14. The third kappa shape index (κ3) is 0.438. The molecule has 2 aliphatic heterocycles. The molecular weight excluding hydrogens is 106 g/mol. The van der Waals surface area contributed by atoms with Crippen LogP contribution in [0.15, 0.2) is 0 Å². The molecule has 3 heteroatoms. The first-order valence-electron chi connectivity index (χ1n) is 2.91. The van der Waals surface area contributed by atoms with Gasteiger partial charge in [-0.05, 0) is 0 Å². The van der Waals surface area contributed by atoms with Crippen LogP contribution in [0.3, 0.4) is 0 Å². The second-order valence-electron chi connectivity index (χ2n) is 2.38. The van der Waals surface area contributed by atoms with Crippen molar-refractivity contribution < 1.29 is 9.84 Å². The molecule has 0 aromatic carbocycles. The van der Waals surface area contributed by atoms with Crippen molar-refractivity contribution in [1.29, 1.82) is 0 Å². The van der Waals surface area contributed by atoms with Crippen molar-refractivity contribution in [2.75, 3.05) is 13.2 Å². The molecule has 3 atom stereocenters. The summed E-state index contributed by atoms with van der Waals surface area (Å²) in [5, 5.41) is 12.3. The van der Waals surface area contributed by atoms with Crippen LogP contribution < -0.4 is 5.32 Å². The standard InChI is InChI=1S/C5H9NO2/c7-5-3-2-8-4(5)1-6-3/h3-7H,1-2H2/t3-,4-,5+/m1/s1. The molecule has 8 heavy (non-hydrogen) atoms. The van der Waals surface area contributed by atoms with Crippen molar-refractivity contribution in [3.05, 3.63) is 0 Å². The van der Waals surface area contributed by atoms with E-state index in [4.69, 9.17) is 9.84 Å². The predicted octanol–water partition coefficient (Wildman–Crippen LogP) is -1.28. The highest BCUT2D eigenvalue weighted by Gasteiger charge is 2.41. The number of morpholine rings is 1. The quantitative estimate of drug-likeness (QED) is 0.413. The van der Waals surface area contributed by atoms with Crippen LogP contribution in [0.1, 0.15) is 0 Å². The molecule has 0 unspecified atom stereocenters.